The molecule has 0 bridgehead atoms. The van der Waals surface area contributed by atoms with Crippen molar-refractivity contribution in [1.82, 2.24) is 10.2 Å². The number of aryl methyl sites for hydroxylation is 2. The lowest BCUT2D eigenvalue weighted by Gasteiger charge is -2.07. The van der Waals surface area contributed by atoms with Gasteiger partial charge in [0.25, 0.3) is 10.9 Å². The summed E-state index contributed by atoms with van der Waals surface area (Å²) in [7, 11) is 0. The Balaban J connectivity index is 1.48. The summed E-state index contributed by atoms with van der Waals surface area (Å²) in [6.45, 7) is 4.69. The van der Waals surface area contributed by atoms with Gasteiger partial charge in [0.1, 0.15) is 5.75 Å². The summed E-state index contributed by atoms with van der Waals surface area (Å²) in [5.41, 5.74) is 2.88. The van der Waals surface area contributed by atoms with E-state index in [0.29, 0.717) is 17.4 Å². The topological polar surface area (TPSA) is 91.3 Å². The van der Waals surface area contributed by atoms with Gasteiger partial charge in [0, 0.05) is 23.4 Å². The summed E-state index contributed by atoms with van der Waals surface area (Å²) in [4.78, 5) is 10.4. The summed E-state index contributed by atoms with van der Waals surface area (Å²) in [5, 5.41) is 19.2. The molecule has 0 saturated carbocycles. The van der Waals surface area contributed by atoms with Gasteiger partial charge in [0.05, 0.1) is 11.5 Å². The van der Waals surface area contributed by atoms with Crippen molar-refractivity contribution in [1.29, 1.82) is 0 Å². The molecule has 0 aliphatic heterocycles. The number of nitrogens with zero attached hydrogens (tertiary/aromatic N) is 3. The molecule has 0 atom stereocenters. The van der Waals surface area contributed by atoms with Gasteiger partial charge in [-0.1, -0.05) is 23.9 Å². The minimum Gasteiger partial charge on any atom is -0.494 e. The second kappa shape index (κ2) is 8.68. The van der Waals surface area contributed by atoms with Gasteiger partial charge in [0.15, 0.2) is 0 Å². The fourth-order valence-electron chi connectivity index (χ4n) is 2.56. The average molecular weight is 385 g/mol. The number of benzene rings is 2. The molecule has 0 aliphatic rings. The van der Waals surface area contributed by atoms with Crippen LogP contribution in [0.2, 0.25) is 0 Å². The van der Waals surface area contributed by atoms with E-state index in [1.54, 1.807) is 12.1 Å². The highest BCUT2D eigenvalue weighted by atomic mass is 32.2. The smallest absolute Gasteiger partial charge is 0.276 e. The van der Waals surface area contributed by atoms with Crippen molar-refractivity contribution in [2.75, 3.05) is 12.4 Å². The van der Waals surface area contributed by atoms with E-state index in [9.17, 15) is 10.1 Å². The Morgan fingerprint density at radius 2 is 1.93 bits per heavy atom. The number of thioether (sulfide) groups is 1. The summed E-state index contributed by atoms with van der Waals surface area (Å²) < 4.78 is 11.3. The van der Waals surface area contributed by atoms with Crippen molar-refractivity contribution in [2.24, 2.45) is 0 Å². The highest BCUT2D eigenvalue weighted by molar-refractivity contribution is 7.99. The van der Waals surface area contributed by atoms with Gasteiger partial charge in [0.2, 0.25) is 5.89 Å². The Kier molecular flexibility index (Phi) is 6.08. The molecule has 0 amide bonds. The zero-order chi connectivity index (χ0) is 19.2. The first-order valence-electron chi connectivity index (χ1n) is 8.43. The van der Waals surface area contributed by atoms with Crippen LogP contribution >= 0.6 is 11.8 Å². The van der Waals surface area contributed by atoms with Crippen molar-refractivity contribution >= 4 is 17.4 Å². The number of hydrogen-bond donors (Lipinski definition) is 0. The first-order valence-corrected chi connectivity index (χ1v) is 9.42. The molecule has 140 valence electrons. The molecular formula is C19H19N3O4S. The number of nitro benzene ring substituents is 1. The van der Waals surface area contributed by atoms with Crippen LogP contribution in [0, 0.1) is 24.0 Å². The Bertz CT molecular complexity index is 922. The van der Waals surface area contributed by atoms with Crippen LogP contribution in [0.5, 0.6) is 5.75 Å². The molecule has 27 heavy (non-hydrogen) atoms. The van der Waals surface area contributed by atoms with Crippen LogP contribution in [0.1, 0.15) is 17.5 Å². The molecule has 1 heterocycles. The molecule has 3 aromatic rings. The maximum absolute atomic E-state index is 10.9. The van der Waals surface area contributed by atoms with E-state index < -0.39 is 4.92 Å². The van der Waals surface area contributed by atoms with E-state index in [0.717, 1.165) is 17.9 Å². The van der Waals surface area contributed by atoms with Crippen molar-refractivity contribution in [3.8, 4) is 17.2 Å². The second-order valence-corrected chi connectivity index (χ2v) is 7.10. The van der Waals surface area contributed by atoms with Gasteiger partial charge in [-0.25, -0.2) is 0 Å². The lowest BCUT2D eigenvalue weighted by Crippen LogP contribution is -1.99. The number of ether oxygens (including phenoxy) is 1. The van der Waals surface area contributed by atoms with Crippen molar-refractivity contribution in [3.63, 3.8) is 0 Å². The first kappa shape index (κ1) is 18.9. The van der Waals surface area contributed by atoms with Crippen LogP contribution in [0.3, 0.4) is 0 Å². The monoisotopic (exact) mass is 385 g/mol. The van der Waals surface area contributed by atoms with Gasteiger partial charge in [-0.05, 0) is 49.6 Å². The number of hydrogen-bond acceptors (Lipinski definition) is 7. The lowest BCUT2D eigenvalue weighted by molar-refractivity contribution is -0.384. The fourth-order valence-corrected chi connectivity index (χ4v) is 3.24. The molecule has 0 fully saturated rings. The molecule has 0 aliphatic carbocycles. The average Bonchev–Trinajstić information content (AvgIpc) is 3.10. The Morgan fingerprint density at radius 1 is 1.15 bits per heavy atom. The van der Waals surface area contributed by atoms with Crippen LogP contribution in [-0.2, 0) is 0 Å². The van der Waals surface area contributed by atoms with Gasteiger partial charge in [-0.15, -0.1) is 10.2 Å². The standard InChI is InChI=1S/C19H19N3O4S/c1-13-9-14(2)11-17(10-13)25-7-4-8-27-19-21-20-18(26-19)15-5-3-6-16(12-15)22(23)24/h3,5-6,9-12H,4,7-8H2,1-2H3. The van der Waals surface area contributed by atoms with E-state index in [-0.39, 0.29) is 11.6 Å². The van der Waals surface area contributed by atoms with Crippen LogP contribution in [0.4, 0.5) is 5.69 Å². The van der Waals surface area contributed by atoms with Crippen molar-refractivity contribution in [2.45, 2.75) is 25.5 Å². The number of aromatic nitrogens is 2. The number of nitro groups is 1. The number of rotatable bonds is 8. The van der Waals surface area contributed by atoms with Crippen molar-refractivity contribution in [3.05, 3.63) is 63.7 Å². The normalized spacial score (nSPS) is 10.7. The zero-order valence-electron chi connectivity index (χ0n) is 15.0. The van der Waals surface area contributed by atoms with Gasteiger partial charge >= 0.3 is 0 Å². The van der Waals surface area contributed by atoms with E-state index in [1.165, 1.54) is 35.0 Å². The molecule has 2 aromatic carbocycles. The minimum absolute atomic E-state index is 0.0107. The van der Waals surface area contributed by atoms with Crippen LogP contribution in [0.25, 0.3) is 11.5 Å². The molecule has 0 spiro atoms. The molecular weight excluding hydrogens is 366 g/mol. The third-order valence-electron chi connectivity index (χ3n) is 3.69. The highest BCUT2D eigenvalue weighted by Crippen LogP contribution is 2.26. The van der Waals surface area contributed by atoms with Gasteiger partial charge in [-0.3, -0.25) is 10.1 Å². The summed E-state index contributed by atoms with van der Waals surface area (Å²) >= 11 is 1.43. The minimum atomic E-state index is -0.453. The third-order valence-corrected chi connectivity index (χ3v) is 4.59. The predicted octanol–water partition coefficient (Wildman–Crippen LogP) is 4.82. The largest absolute Gasteiger partial charge is 0.494 e. The third kappa shape index (κ3) is 5.30. The van der Waals surface area contributed by atoms with E-state index in [4.69, 9.17) is 9.15 Å². The summed E-state index contributed by atoms with van der Waals surface area (Å²) in [6.07, 6.45) is 0.826. The predicted molar refractivity (Wildman–Crippen MR) is 103 cm³/mol. The van der Waals surface area contributed by atoms with Crippen molar-refractivity contribution < 1.29 is 14.1 Å². The Labute approximate surface area is 160 Å². The van der Waals surface area contributed by atoms with Gasteiger partial charge in [-0.2, -0.15) is 0 Å². The molecule has 1 aromatic heterocycles. The Hall–Kier alpha value is -2.87. The quantitative estimate of drug-likeness (QED) is 0.237. The lowest BCUT2D eigenvalue weighted by atomic mass is 10.1. The number of non-ortho nitro benzene ring substituents is 1. The van der Waals surface area contributed by atoms with E-state index in [1.807, 2.05) is 26.0 Å². The maximum Gasteiger partial charge on any atom is 0.276 e. The maximum atomic E-state index is 10.9. The molecule has 7 nitrogen and oxygen atoms in total. The Morgan fingerprint density at radius 3 is 2.67 bits per heavy atom. The molecule has 0 saturated heterocycles. The molecule has 0 unspecified atom stereocenters. The fraction of sp³-hybridized carbons (Fsp3) is 0.263. The van der Waals surface area contributed by atoms with Crippen LogP contribution in [-0.4, -0.2) is 27.5 Å². The SMILES string of the molecule is Cc1cc(C)cc(OCCCSc2nnc(-c3cccc([N+](=O)[O-])c3)o2)c1. The van der Waals surface area contributed by atoms with Gasteiger partial charge < -0.3 is 9.15 Å². The highest BCUT2D eigenvalue weighted by Gasteiger charge is 2.13. The summed E-state index contributed by atoms with van der Waals surface area (Å²) in [6, 6.07) is 12.3. The second-order valence-electron chi connectivity index (χ2n) is 6.05. The zero-order valence-corrected chi connectivity index (χ0v) is 15.9. The van der Waals surface area contributed by atoms with Crippen LogP contribution < -0.4 is 4.74 Å². The summed E-state index contributed by atoms with van der Waals surface area (Å²) in [5.74, 6) is 1.91. The molecule has 0 N–H and O–H groups in total. The van der Waals surface area contributed by atoms with Crippen LogP contribution in [0.15, 0.2) is 52.1 Å². The van der Waals surface area contributed by atoms with E-state index in [2.05, 4.69) is 16.3 Å². The van der Waals surface area contributed by atoms with E-state index >= 15 is 0 Å². The molecule has 0 radical (unpaired) electrons. The first-order chi connectivity index (χ1) is 13.0. The molecule has 8 heteroatoms. The molecule has 3 rings (SSSR count).